The van der Waals surface area contributed by atoms with Gasteiger partial charge in [0.25, 0.3) is 17.4 Å². The van der Waals surface area contributed by atoms with Crippen LogP contribution in [0, 0.1) is 6.92 Å². The molecule has 4 rings (SSSR count). The Morgan fingerprint density at radius 2 is 1.80 bits per heavy atom. The molecule has 1 aromatic carbocycles. The molecule has 2 aliphatic heterocycles. The summed E-state index contributed by atoms with van der Waals surface area (Å²) in [6, 6.07) is 5.71. The van der Waals surface area contributed by atoms with Crippen molar-refractivity contribution in [3.63, 3.8) is 0 Å². The van der Waals surface area contributed by atoms with Crippen molar-refractivity contribution in [2.24, 2.45) is 0 Å². The van der Waals surface area contributed by atoms with Crippen LogP contribution in [0.2, 0.25) is 0 Å². The van der Waals surface area contributed by atoms with Crippen molar-refractivity contribution < 1.29 is 23.9 Å². The number of rotatable bonds is 4. The smallest absolute Gasteiger partial charge is 0.330 e. The van der Waals surface area contributed by atoms with Crippen molar-refractivity contribution in [2.75, 3.05) is 6.61 Å². The molecule has 0 bridgehead atoms. The maximum atomic E-state index is 12.9. The van der Waals surface area contributed by atoms with E-state index in [0.29, 0.717) is 5.56 Å². The van der Waals surface area contributed by atoms with E-state index in [-0.39, 0.29) is 24.2 Å². The number of aromatic nitrogens is 2. The van der Waals surface area contributed by atoms with Gasteiger partial charge in [0.1, 0.15) is 18.9 Å². The molecule has 0 unspecified atom stereocenters. The summed E-state index contributed by atoms with van der Waals surface area (Å²) in [4.78, 5) is 64.4. The molecule has 0 saturated carbocycles. The van der Waals surface area contributed by atoms with Crippen LogP contribution in [0.3, 0.4) is 0 Å². The van der Waals surface area contributed by atoms with Crippen LogP contribution in [-0.2, 0) is 14.3 Å². The van der Waals surface area contributed by atoms with Gasteiger partial charge in [0.05, 0.1) is 17.2 Å². The number of H-pyrrole nitrogens is 1. The number of nitrogens with zero attached hydrogens (tertiary/aromatic N) is 2. The second kappa shape index (κ2) is 7.38. The first-order valence-corrected chi connectivity index (χ1v) is 9.35. The lowest BCUT2D eigenvalue weighted by Gasteiger charge is -2.25. The number of benzene rings is 1. The predicted molar refractivity (Wildman–Crippen MR) is 102 cm³/mol. The maximum Gasteiger partial charge on any atom is 0.330 e. The lowest BCUT2D eigenvalue weighted by molar-refractivity contribution is -0.146. The zero-order valence-corrected chi connectivity index (χ0v) is 16.3. The van der Waals surface area contributed by atoms with E-state index in [9.17, 15) is 24.0 Å². The minimum Gasteiger partial charge on any atom is -0.463 e. The van der Waals surface area contributed by atoms with Gasteiger partial charge in [0.15, 0.2) is 0 Å². The van der Waals surface area contributed by atoms with Gasteiger partial charge in [-0.25, -0.2) is 4.79 Å². The minimum atomic E-state index is -0.858. The Labute approximate surface area is 170 Å². The molecular weight excluding hydrogens is 394 g/mol. The molecule has 1 N–H and O–H groups in total. The SMILES string of the molecule is CC(=O)OC[C@H]1O[C@@H](n2cc(C)c(=O)[nH]c2=O)C[C@@H]1N1C(=O)c2ccccc2C1=O. The van der Waals surface area contributed by atoms with Crippen molar-refractivity contribution in [1.29, 1.82) is 0 Å². The number of hydrogen-bond donors (Lipinski definition) is 1. The third-order valence-electron chi connectivity index (χ3n) is 5.27. The summed E-state index contributed by atoms with van der Waals surface area (Å²) in [7, 11) is 0. The van der Waals surface area contributed by atoms with Crippen LogP contribution in [-0.4, -0.2) is 51.0 Å². The predicted octanol–water partition coefficient (Wildman–Crippen LogP) is 0.360. The number of fused-ring (bicyclic) bond motifs is 1. The molecule has 0 radical (unpaired) electrons. The highest BCUT2D eigenvalue weighted by Gasteiger charge is 2.48. The molecule has 2 aromatic rings. The summed E-state index contributed by atoms with van der Waals surface area (Å²) in [6.45, 7) is 2.59. The first kappa shape index (κ1) is 19.8. The fourth-order valence-corrected chi connectivity index (χ4v) is 3.82. The summed E-state index contributed by atoms with van der Waals surface area (Å²) >= 11 is 0. The molecule has 156 valence electrons. The monoisotopic (exact) mass is 413 g/mol. The Morgan fingerprint density at radius 3 is 2.40 bits per heavy atom. The molecule has 0 aliphatic carbocycles. The van der Waals surface area contributed by atoms with Crippen LogP contribution in [0.4, 0.5) is 0 Å². The molecule has 10 nitrogen and oxygen atoms in total. The van der Waals surface area contributed by atoms with E-state index in [0.717, 1.165) is 4.90 Å². The summed E-state index contributed by atoms with van der Waals surface area (Å²) in [6.07, 6.45) is -0.231. The van der Waals surface area contributed by atoms with Gasteiger partial charge in [0.2, 0.25) is 0 Å². The van der Waals surface area contributed by atoms with Gasteiger partial charge >= 0.3 is 11.7 Å². The normalized spacial score (nSPS) is 23.0. The molecule has 10 heteroatoms. The summed E-state index contributed by atoms with van der Waals surface area (Å²) in [5.41, 5.74) is -0.310. The van der Waals surface area contributed by atoms with Crippen LogP contribution in [0.1, 0.15) is 45.9 Å². The van der Waals surface area contributed by atoms with Crippen LogP contribution in [0.5, 0.6) is 0 Å². The Balaban J connectivity index is 1.69. The molecule has 3 atom stereocenters. The highest BCUT2D eigenvalue weighted by molar-refractivity contribution is 6.21. The average molecular weight is 413 g/mol. The molecule has 1 saturated heterocycles. The fourth-order valence-electron chi connectivity index (χ4n) is 3.82. The summed E-state index contributed by atoms with van der Waals surface area (Å²) < 4.78 is 12.2. The van der Waals surface area contributed by atoms with Gasteiger partial charge < -0.3 is 9.47 Å². The first-order chi connectivity index (χ1) is 14.3. The number of esters is 1. The highest BCUT2D eigenvalue weighted by atomic mass is 16.6. The third-order valence-corrected chi connectivity index (χ3v) is 5.27. The van der Waals surface area contributed by atoms with Crippen molar-refractivity contribution in [3.8, 4) is 0 Å². The number of aryl methyl sites for hydroxylation is 1. The Bertz CT molecular complexity index is 1130. The number of aromatic amines is 1. The quantitative estimate of drug-likeness (QED) is 0.566. The number of carbonyl (C=O) groups is 3. The summed E-state index contributed by atoms with van der Waals surface area (Å²) in [5.74, 6) is -1.48. The van der Waals surface area contributed by atoms with E-state index >= 15 is 0 Å². The van der Waals surface area contributed by atoms with Gasteiger partial charge in [-0.2, -0.15) is 0 Å². The van der Waals surface area contributed by atoms with E-state index in [2.05, 4.69) is 4.98 Å². The average Bonchev–Trinajstić information content (AvgIpc) is 3.22. The minimum absolute atomic E-state index is 0.1000. The number of hydrogen-bond acceptors (Lipinski definition) is 7. The van der Waals surface area contributed by atoms with Crippen LogP contribution in [0.25, 0.3) is 0 Å². The van der Waals surface area contributed by atoms with Crippen molar-refractivity contribution in [3.05, 3.63) is 68.0 Å². The first-order valence-electron chi connectivity index (χ1n) is 9.35. The van der Waals surface area contributed by atoms with Gasteiger partial charge in [-0.15, -0.1) is 0 Å². The van der Waals surface area contributed by atoms with E-state index in [1.54, 1.807) is 31.2 Å². The standard InChI is InChI=1S/C20H19N3O7/c1-10-8-22(20(28)21-17(10)25)16-7-14(15(30-16)9-29-11(2)24)23-18(26)12-5-3-4-6-13(12)19(23)27/h3-6,8,14-16H,7,9H2,1-2H3,(H,21,25,28)/t14-,15+,16+/m0/s1. The number of nitrogens with one attached hydrogen (secondary N) is 1. The zero-order chi connectivity index (χ0) is 21.6. The zero-order valence-electron chi connectivity index (χ0n) is 16.3. The van der Waals surface area contributed by atoms with Crippen LogP contribution < -0.4 is 11.2 Å². The molecule has 2 aliphatic rings. The topological polar surface area (TPSA) is 128 Å². The number of amides is 2. The number of imide groups is 1. The van der Waals surface area contributed by atoms with Gasteiger partial charge in [-0.05, 0) is 19.1 Å². The van der Waals surface area contributed by atoms with Crippen molar-refractivity contribution in [1.82, 2.24) is 14.5 Å². The van der Waals surface area contributed by atoms with E-state index in [4.69, 9.17) is 9.47 Å². The fraction of sp³-hybridized carbons (Fsp3) is 0.350. The molecule has 30 heavy (non-hydrogen) atoms. The molecular formula is C20H19N3O7. The molecule has 0 spiro atoms. The maximum absolute atomic E-state index is 12.9. The lowest BCUT2D eigenvalue weighted by atomic mass is 10.1. The Morgan fingerprint density at radius 1 is 1.17 bits per heavy atom. The van der Waals surface area contributed by atoms with Crippen molar-refractivity contribution >= 4 is 17.8 Å². The van der Waals surface area contributed by atoms with Crippen LogP contribution in [0.15, 0.2) is 40.1 Å². The van der Waals surface area contributed by atoms with E-state index in [1.807, 2.05) is 0 Å². The Hall–Kier alpha value is -3.53. The van der Waals surface area contributed by atoms with E-state index in [1.165, 1.54) is 17.7 Å². The molecule has 3 heterocycles. The van der Waals surface area contributed by atoms with Gasteiger partial charge in [0, 0.05) is 25.1 Å². The molecule has 1 fully saturated rings. The number of ether oxygens (including phenoxy) is 2. The largest absolute Gasteiger partial charge is 0.463 e. The second-order valence-electron chi connectivity index (χ2n) is 7.24. The molecule has 1 aromatic heterocycles. The van der Waals surface area contributed by atoms with Gasteiger partial charge in [-0.3, -0.25) is 33.6 Å². The Kier molecular flexibility index (Phi) is 4.86. The summed E-state index contributed by atoms with van der Waals surface area (Å²) in [5, 5.41) is 0. The second-order valence-corrected chi connectivity index (χ2v) is 7.24. The van der Waals surface area contributed by atoms with Crippen molar-refractivity contribution in [2.45, 2.75) is 38.6 Å². The van der Waals surface area contributed by atoms with Crippen LogP contribution >= 0.6 is 0 Å². The van der Waals surface area contributed by atoms with Gasteiger partial charge in [-0.1, -0.05) is 12.1 Å². The number of carbonyl (C=O) groups excluding carboxylic acids is 3. The van der Waals surface area contributed by atoms with E-state index < -0.39 is 47.4 Å². The molecule has 2 amide bonds. The third kappa shape index (κ3) is 3.24. The lowest BCUT2D eigenvalue weighted by Crippen LogP contribution is -2.46. The highest BCUT2D eigenvalue weighted by Crippen LogP contribution is 2.36.